The molecule has 0 spiro atoms. The Labute approximate surface area is 176 Å². The Balaban J connectivity index is 1.78. The minimum Gasteiger partial charge on any atom is -0.316 e. The number of rotatable bonds is 6. The highest BCUT2D eigenvalue weighted by atomic mass is 32.2. The van der Waals surface area contributed by atoms with Crippen molar-refractivity contribution >= 4 is 22.6 Å². The number of hydrogen-bond donors (Lipinski definition) is 1. The van der Waals surface area contributed by atoms with Crippen LogP contribution in [0.15, 0.2) is 66.2 Å². The first-order valence-electron chi connectivity index (χ1n) is 8.89. The average Bonchev–Trinajstić information content (AvgIpc) is 3.09. The van der Waals surface area contributed by atoms with E-state index in [2.05, 4.69) is 17.0 Å². The van der Waals surface area contributed by atoms with Crippen LogP contribution in [0.1, 0.15) is 23.0 Å². The van der Waals surface area contributed by atoms with Crippen molar-refractivity contribution in [1.82, 2.24) is 15.1 Å². The Hall–Kier alpha value is -3.26. The number of carbonyl (C=O) groups is 1. The van der Waals surface area contributed by atoms with E-state index in [1.807, 2.05) is 0 Å². The minimum atomic E-state index is -0.951. The molecular formula is C22H18F3N3OS. The van der Waals surface area contributed by atoms with Gasteiger partial charge in [0.2, 0.25) is 0 Å². The molecule has 0 bridgehead atoms. The quantitative estimate of drug-likeness (QED) is 0.563. The Morgan fingerprint density at radius 3 is 2.37 bits per heavy atom. The van der Waals surface area contributed by atoms with Crippen LogP contribution >= 0.6 is 11.8 Å². The molecule has 0 fully saturated rings. The van der Waals surface area contributed by atoms with Gasteiger partial charge in [0.1, 0.15) is 23.0 Å². The molecule has 1 amide bonds. The van der Waals surface area contributed by atoms with Crippen LogP contribution < -0.4 is 5.32 Å². The Morgan fingerprint density at radius 1 is 1.10 bits per heavy atom. The van der Waals surface area contributed by atoms with Gasteiger partial charge < -0.3 is 5.32 Å². The van der Waals surface area contributed by atoms with E-state index in [-0.39, 0.29) is 0 Å². The Morgan fingerprint density at radius 2 is 1.73 bits per heavy atom. The summed E-state index contributed by atoms with van der Waals surface area (Å²) in [5, 5.41) is 7.15. The fourth-order valence-electron chi connectivity index (χ4n) is 2.76. The van der Waals surface area contributed by atoms with E-state index in [1.54, 1.807) is 49.0 Å². The largest absolute Gasteiger partial charge is 0.316 e. The molecule has 2 aromatic carbocycles. The van der Waals surface area contributed by atoms with Gasteiger partial charge in [0.05, 0.1) is 16.4 Å². The van der Waals surface area contributed by atoms with Gasteiger partial charge in [0.15, 0.2) is 0 Å². The number of amides is 1. The standard InChI is InChI=1S/C22H18F3N3OS/c1-4-20(26-22(29)21-16(24)10-7-11-17(21)25)30-13(2)19-12-18(27-28(19)3)14-8-5-6-9-15(14)23/h4-12H,2H2,1,3H3,(H,26,29)/b20-4-. The van der Waals surface area contributed by atoms with E-state index < -0.39 is 28.9 Å². The number of aromatic nitrogens is 2. The molecule has 0 unspecified atom stereocenters. The molecule has 0 saturated heterocycles. The molecule has 1 N–H and O–H groups in total. The lowest BCUT2D eigenvalue weighted by Crippen LogP contribution is -2.23. The maximum atomic E-state index is 14.1. The molecule has 0 radical (unpaired) electrons. The third-order valence-electron chi connectivity index (χ3n) is 4.24. The maximum Gasteiger partial charge on any atom is 0.262 e. The van der Waals surface area contributed by atoms with Crippen LogP contribution in [0.4, 0.5) is 13.2 Å². The predicted molar refractivity (Wildman–Crippen MR) is 113 cm³/mol. The summed E-state index contributed by atoms with van der Waals surface area (Å²) in [6.45, 7) is 5.65. The predicted octanol–water partition coefficient (Wildman–Crippen LogP) is 5.50. The van der Waals surface area contributed by atoms with Gasteiger partial charge >= 0.3 is 0 Å². The summed E-state index contributed by atoms with van der Waals surface area (Å²) in [7, 11) is 1.69. The maximum absolute atomic E-state index is 14.1. The van der Waals surface area contributed by atoms with E-state index in [1.165, 1.54) is 12.1 Å². The summed E-state index contributed by atoms with van der Waals surface area (Å²) < 4.78 is 43.3. The molecule has 4 nitrogen and oxygen atoms in total. The molecule has 8 heteroatoms. The van der Waals surface area contributed by atoms with Gasteiger partial charge in [-0.15, -0.1) is 0 Å². The van der Waals surface area contributed by atoms with Crippen LogP contribution in [-0.4, -0.2) is 15.7 Å². The molecule has 0 saturated carbocycles. The zero-order valence-electron chi connectivity index (χ0n) is 16.2. The first-order valence-corrected chi connectivity index (χ1v) is 9.71. The number of aryl methyl sites for hydroxylation is 1. The second-order valence-corrected chi connectivity index (χ2v) is 7.38. The van der Waals surface area contributed by atoms with Crippen molar-refractivity contribution in [3.63, 3.8) is 0 Å². The third kappa shape index (κ3) is 4.49. The van der Waals surface area contributed by atoms with E-state index in [0.717, 1.165) is 23.9 Å². The van der Waals surface area contributed by atoms with Crippen molar-refractivity contribution in [2.24, 2.45) is 7.05 Å². The van der Waals surface area contributed by atoms with Gasteiger partial charge in [0.25, 0.3) is 5.91 Å². The normalized spacial score (nSPS) is 11.4. The van der Waals surface area contributed by atoms with Crippen LogP contribution in [-0.2, 0) is 7.05 Å². The van der Waals surface area contributed by atoms with Gasteiger partial charge in [-0.1, -0.05) is 42.6 Å². The van der Waals surface area contributed by atoms with Crippen molar-refractivity contribution in [2.45, 2.75) is 6.92 Å². The summed E-state index contributed by atoms with van der Waals surface area (Å²) in [6.07, 6.45) is 1.58. The van der Waals surface area contributed by atoms with Gasteiger partial charge in [0, 0.05) is 17.5 Å². The summed E-state index contributed by atoms with van der Waals surface area (Å²) in [4.78, 5) is 12.8. The lowest BCUT2D eigenvalue weighted by atomic mass is 10.1. The number of halogens is 3. The molecule has 3 aromatic rings. The van der Waals surface area contributed by atoms with Crippen molar-refractivity contribution < 1.29 is 18.0 Å². The highest BCUT2D eigenvalue weighted by Crippen LogP contribution is 2.33. The fraction of sp³-hybridized carbons (Fsp3) is 0.0909. The third-order valence-corrected chi connectivity index (χ3v) is 5.25. The topological polar surface area (TPSA) is 46.9 Å². The van der Waals surface area contributed by atoms with Crippen molar-refractivity contribution in [3.8, 4) is 11.3 Å². The Kier molecular flexibility index (Phi) is 6.47. The summed E-state index contributed by atoms with van der Waals surface area (Å²) in [6, 6.07) is 11.2. The molecule has 154 valence electrons. The monoisotopic (exact) mass is 429 g/mol. The number of nitrogens with zero attached hydrogens (tertiary/aromatic N) is 2. The van der Waals surface area contributed by atoms with E-state index in [4.69, 9.17) is 0 Å². The van der Waals surface area contributed by atoms with E-state index >= 15 is 0 Å². The number of nitrogens with one attached hydrogen (secondary N) is 1. The smallest absolute Gasteiger partial charge is 0.262 e. The summed E-state index contributed by atoms with van der Waals surface area (Å²) in [5.41, 5.74) is 0.730. The van der Waals surface area contributed by atoms with Crippen molar-refractivity contribution in [3.05, 3.63) is 94.9 Å². The summed E-state index contributed by atoms with van der Waals surface area (Å²) >= 11 is 1.09. The average molecular weight is 429 g/mol. The van der Waals surface area contributed by atoms with Crippen LogP contribution in [0.3, 0.4) is 0 Å². The van der Waals surface area contributed by atoms with E-state index in [9.17, 15) is 18.0 Å². The molecule has 30 heavy (non-hydrogen) atoms. The number of benzene rings is 2. The second-order valence-electron chi connectivity index (χ2n) is 6.25. The first-order chi connectivity index (χ1) is 14.3. The molecule has 0 aliphatic rings. The van der Waals surface area contributed by atoms with Gasteiger partial charge in [-0.2, -0.15) is 5.10 Å². The molecule has 3 rings (SSSR count). The van der Waals surface area contributed by atoms with Crippen LogP contribution in [0.5, 0.6) is 0 Å². The molecule has 0 aliphatic carbocycles. The van der Waals surface area contributed by atoms with Crippen LogP contribution in [0.2, 0.25) is 0 Å². The van der Waals surface area contributed by atoms with Gasteiger partial charge in [-0.25, -0.2) is 13.2 Å². The second kappa shape index (κ2) is 9.04. The molecule has 1 heterocycles. The molecule has 1 aromatic heterocycles. The molecule has 0 aliphatic heterocycles. The zero-order chi connectivity index (χ0) is 21.8. The number of thioether (sulfide) groups is 1. The highest BCUT2D eigenvalue weighted by molar-refractivity contribution is 8.11. The lowest BCUT2D eigenvalue weighted by molar-refractivity contribution is 0.0960. The number of hydrogen-bond acceptors (Lipinski definition) is 3. The van der Waals surface area contributed by atoms with E-state index in [0.29, 0.717) is 26.9 Å². The van der Waals surface area contributed by atoms with Crippen LogP contribution in [0, 0.1) is 17.5 Å². The van der Waals surface area contributed by atoms with Crippen molar-refractivity contribution in [1.29, 1.82) is 0 Å². The zero-order valence-corrected chi connectivity index (χ0v) is 17.1. The molecular weight excluding hydrogens is 411 g/mol. The minimum absolute atomic E-state index is 0.335. The Bertz CT molecular complexity index is 1130. The fourth-order valence-corrected chi connectivity index (χ4v) is 3.58. The lowest BCUT2D eigenvalue weighted by Gasteiger charge is -2.12. The molecule has 0 atom stereocenters. The number of allylic oxidation sites excluding steroid dienone is 1. The number of carbonyl (C=O) groups excluding carboxylic acids is 1. The van der Waals surface area contributed by atoms with Crippen molar-refractivity contribution in [2.75, 3.05) is 0 Å². The van der Waals surface area contributed by atoms with Gasteiger partial charge in [-0.3, -0.25) is 9.48 Å². The highest BCUT2D eigenvalue weighted by Gasteiger charge is 2.19. The van der Waals surface area contributed by atoms with Gasteiger partial charge in [-0.05, 0) is 37.3 Å². The first kappa shape index (κ1) is 21.4. The SMILES string of the molecule is C=C(S/C(=C\C)NC(=O)c1c(F)cccc1F)c1cc(-c2ccccc2F)nn1C. The summed E-state index contributed by atoms with van der Waals surface area (Å²) in [5.74, 6) is -3.20. The van der Waals surface area contributed by atoms with Crippen LogP contribution in [0.25, 0.3) is 16.2 Å².